The van der Waals surface area contributed by atoms with E-state index >= 15 is 0 Å². The van der Waals surface area contributed by atoms with Gasteiger partial charge in [0.2, 0.25) is 5.91 Å². The third-order valence-corrected chi connectivity index (χ3v) is 6.38. The normalized spacial score (nSPS) is 14.3. The van der Waals surface area contributed by atoms with E-state index in [4.69, 9.17) is 9.05 Å². The van der Waals surface area contributed by atoms with E-state index in [1.54, 1.807) is 20.8 Å². The summed E-state index contributed by atoms with van der Waals surface area (Å²) in [4.78, 5) is 21.5. The van der Waals surface area contributed by atoms with Crippen LogP contribution < -0.4 is 5.32 Å². The SMILES string of the molecule is CC/C=C\C/C=C\C/C=C\CCCCCCCC(=O)NCCCCCCOP(=O)(O)OC(C)(C)C. The molecule has 0 aromatic rings. The zero-order valence-corrected chi connectivity index (χ0v) is 23.7. The van der Waals surface area contributed by atoms with Crippen molar-refractivity contribution < 1.29 is 23.3 Å². The molecule has 7 heteroatoms. The number of phosphoric ester groups is 1. The van der Waals surface area contributed by atoms with Gasteiger partial charge in [-0.05, 0) is 72.1 Å². The van der Waals surface area contributed by atoms with Gasteiger partial charge in [-0.2, -0.15) is 0 Å². The molecule has 6 nitrogen and oxygen atoms in total. The molecule has 0 aromatic heterocycles. The molecule has 0 saturated heterocycles. The highest BCUT2D eigenvalue weighted by Gasteiger charge is 2.28. The summed E-state index contributed by atoms with van der Waals surface area (Å²) in [6.07, 6.45) is 27.4. The van der Waals surface area contributed by atoms with Crippen molar-refractivity contribution in [1.29, 1.82) is 0 Å². The van der Waals surface area contributed by atoms with Crippen LogP contribution in [0.1, 0.15) is 118 Å². The molecule has 0 rings (SSSR count). The molecule has 0 radical (unpaired) electrons. The van der Waals surface area contributed by atoms with Gasteiger partial charge in [0.15, 0.2) is 0 Å². The van der Waals surface area contributed by atoms with Gasteiger partial charge in [0.1, 0.15) is 0 Å². The summed E-state index contributed by atoms with van der Waals surface area (Å²) in [5.41, 5.74) is -0.719. The number of hydrogen-bond acceptors (Lipinski definition) is 4. The van der Waals surface area contributed by atoms with Gasteiger partial charge in [-0.15, -0.1) is 0 Å². The van der Waals surface area contributed by atoms with E-state index in [0.717, 1.165) is 57.8 Å². The average Bonchev–Trinajstić information content (AvgIpc) is 2.76. The fourth-order valence-electron chi connectivity index (χ4n) is 3.35. The lowest BCUT2D eigenvalue weighted by atomic mass is 10.1. The zero-order chi connectivity index (χ0) is 26.3. The van der Waals surface area contributed by atoms with E-state index < -0.39 is 13.4 Å². The van der Waals surface area contributed by atoms with Crippen LogP contribution in [-0.2, 0) is 18.4 Å². The molecule has 35 heavy (non-hydrogen) atoms. The van der Waals surface area contributed by atoms with Gasteiger partial charge in [-0.1, -0.05) is 75.5 Å². The van der Waals surface area contributed by atoms with Crippen LogP contribution in [-0.4, -0.2) is 29.6 Å². The molecule has 0 aliphatic rings. The number of amides is 1. The fourth-order valence-corrected chi connectivity index (χ4v) is 4.46. The molecule has 0 aliphatic carbocycles. The van der Waals surface area contributed by atoms with Gasteiger partial charge in [0.05, 0.1) is 12.2 Å². The van der Waals surface area contributed by atoms with Crippen molar-refractivity contribution in [2.75, 3.05) is 13.2 Å². The predicted octanol–water partition coefficient (Wildman–Crippen LogP) is 8.18. The first-order valence-electron chi connectivity index (χ1n) is 13.6. The van der Waals surface area contributed by atoms with Gasteiger partial charge in [-0.3, -0.25) is 13.8 Å². The molecule has 0 saturated carbocycles. The Kier molecular flexibility index (Phi) is 21.3. The lowest BCUT2D eigenvalue weighted by Crippen LogP contribution is -2.23. The minimum atomic E-state index is -3.98. The molecule has 0 aromatic carbocycles. The number of carbonyl (C=O) groups excluding carboxylic acids is 1. The molecule has 1 unspecified atom stereocenters. The molecular weight excluding hydrogens is 461 g/mol. The van der Waals surface area contributed by atoms with Gasteiger partial charge in [-0.25, -0.2) is 4.57 Å². The number of rotatable bonds is 22. The van der Waals surface area contributed by atoms with Crippen molar-refractivity contribution in [3.63, 3.8) is 0 Å². The van der Waals surface area contributed by atoms with Crippen molar-refractivity contribution in [2.45, 2.75) is 123 Å². The van der Waals surface area contributed by atoms with Crippen molar-refractivity contribution in [3.8, 4) is 0 Å². The van der Waals surface area contributed by atoms with E-state index in [1.165, 1.54) is 19.3 Å². The van der Waals surface area contributed by atoms with Crippen molar-refractivity contribution in [3.05, 3.63) is 36.5 Å². The maximum atomic E-state index is 11.9. The van der Waals surface area contributed by atoms with Crippen LogP contribution >= 0.6 is 7.82 Å². The third-order valence-electron chi connectivity index (χ3n) is 5.09. The number of nitrogens with one attached hydrogen (secondary N) is 1. The van der Waals surface area contributed by atoms with Crippen LogP contribution in [0, 0.1) is 0 Å². The Morgan fingerprint density at radius 2 is 1.40 bits per heavy atom. The molecule has 0 spiro atoms. The minimum Gasteiger partial charge on any atom is -0.356 e. The van der Waals surface area contributed by atoms with Crippen LogP contribution in [0.2, 0.25) is 0 Å². The highest BCUT2D eigenvalue weighted by atomic mass is 31.2. The Morgan fingerprint density at radius 1 is 0.829 bits per heavy atom. The lowest BCUT2D eigenvalue weighted by Gasteiger charge is -2.22. The summed E-state index contributed by atoms with van der Waals surface area (Å²) in [6.45, 7) is 8.16. The predicted molar refractivity (Wildman–Crippen MR) is 147 cm³/mol. The highest BCUT2D eigenvalue weighted by Crippen LogP contribution is 2.47. The Hall–Kier alpha value is -1.20. The second-order valence-corrected chi connectivity index (χ2v) is 11.2. The van der Waals surface area contributed by atoms with Crippen LogP contribution in [0.15, 0.2) is 36.5 Å². The molecule has 204 valence electrons. The van der Waals surface area contributed by atoms with Gasteiger partial charge >= 0.3 is 7.82 Å². The molecule has 2 N–H and O–H groups in total. The Labute approximate surface area is 215 Å². The zero-order valence-electron chi connectivity index (χ0n) is 22.8. The molecule has 0 aliphatic heterocycles. The number of carbonyl (C=O) groups is 1. The summed E-state index contributed by atoms with van der Waals surface area (Å²) in [5.74, 6) is 0.134. The van der Waals surface area contributed by atoms with E-state index in [0.29, 0.717) is 19.4 Å². The highest BCUT2D eigenvalue weighted by molar-refractivity contribution is 7.47. The summed E-state index contributed by atoms with van der Waals surface area (Å²) in [7, 11) is -3.98. The lowest BCUT2D eigenvalue weighted by molar-refractivity contribution is -0.121. The third kappa shape index (κ3) is 27.2. The molecule has 0 fully saturated rings. The van der Waals surface area contributed by atoms with Crippen molar-refractivity contribution in [2.24, 2.45) is 0 Å². The second-order valence-electron chi connectivity index (χ2n) is 9.87. The van der Waals surface area contributed by atoms with Gasteiger partial charge < -0.3 is 10.2 Å². The summed E-state index contributed by atoms with van der Waals surface area (Å²) in [5, 5.41) is 2.98. The first-order chi connectivity index (χ1) is 16.7. The van der Waals surface area contributed by atoms with Gasteiger partial charge in [0, 0.05) is 13.0 Å². The molecule has 0 heterocycles. The second kappa shape index (κ2) is 22.0. The number of allylic oxidation sites excluding steroid dienone is 6. The molecule has 0 bridgehead atoms. The Bertz CT molecular complexity index is 652. The number of unbranched alkanes of at least 4 members (excludes halogenated alkanes) is 8. The van der Waals surface area contributed by atoms with Crippen LogP contribution in [0.25, 0.3) is 0 Å². The first kappa shape index (κ1) is 33.8. The molecular formula is C28H52NO5P. The van der Waals surface area contributed by atoms with E-state index in [2.05, 4.69) is 48.7 Å². The fraction of sp³-hybridized carbons (Fsp3) is 0.750. The summed E-state index contributed by atoms with van der Waals surface area (Å²) >= 11 is 0. The molecule has 1 amide bonds. The summed E-state index contributed by atoms with van der Waals surface area (Å²) < 4.78 is 21.8. The van der Waals surface area contributed by atoms with Crippen LogP contribution in [0.3, 0.4) is 0 Å². The standard InChI is InChI=1S/C28H52NO5P/c1-5-6-7-8-9-10-11-12-13-14-15-16-17-18-21-24-27(30)29-25-22-19-20-23-26-33-35(31,32)34-28(2,3)4/h6-7,9-10,12-13H,5,8,11,14-26H2,1-4H3,(H,29,30)(H,31,32)/b7-6-,10-9-,13-12-. The van der Waals surface area contributed by atoms with E-state index in [9.17, 15) is 14.3 Å². The maximum Gasteiger partial charge on any atom is 0.472 e. The molecule has 1 atom stereocenters. The van der Waals surface area contributed by atoms with Crippen LogP contribution in [0.5, 0.6) is 0 Å². The summed E-state index contributed by atoms with van der Waals surface area (Å²) in [6, 6.07) is 0. The average molecular weight is 514 g/mol. The number of hydrogen-bond donors (Lipinski definition) is 2. The monoisotopic (exact) mass is 513 g/mol. The van der Waals surface area contributed by atoms with Crippen molar-refractivity contribution >= 4 is 13.7 Å². The smallest absolute Gasteiger partial charge is 0.356 e. The van der Waals surface area contributed by atoms with Gasteiger partial charge in [0.25, 0.3) is 0 Å². The van der Waals surface area contributed by atoms with Crippen LogP contribution in [0.4, 0.5) is 0 Å². The number of phosphoric acid groups is 1. The largest absolute Gasteiger partial charge is 0.472 e. The van der Waals surface area contributed by atoms with E-state index in [1.807, 2.05) is 0 Å². The Morgan fingerprint density at radius 3 is 2.09 bits per heavy atom. The first-order valence-corrected chi connectivity index (χ1v) is 15.1. The van der Waals surface area contributed by atoms with E-state index in [-0.39, 0.29) is 12.5 Å². The topological polar surface area (TPSA) is 84.9 Å². The quantitative estimate of drug-likeness (QED) is 0.0866. The van der Waals surface area contributed by atoms with Crippen molar-refractivity contribution in [1.82, 2.24) is 5.32 Å². The maximum absolute atomic E-state index is 11.9. The minimum absolute atomic E-state index is 0.134. The Balaban J connectivity index is 3.45.